The molecule has 8 heteroatoms. The average Bonchev–Trinajstić information content (AvgIpc) is 2.92. The molecule has 0 radical (unpaired) electrons. The van der Waals surface area contributed by atoms with Gasteiger partial charge in [-0.1, -0.05) is 12.1 Å². The van der Waals surface area contributed by atoms with Gasteiger partial charge in [0, 0.05) is 30.0 Å². The van der Waals surface area contributed by atoms with Crippen molar-refractivity contribution in [3.05, 3.63) is 57.2 Å². The lowest BCUT2D eigenvalue weighted by Crippen LogP contribution is -1.97. The molecule has 112 valence electrons. The third-order valence-corrected chi connectivity index (χ3v) is 3.76. The molecule has 0 saturated heterocycles. The molecule has 0 spiro atoms. The summed E-state index contributed by atoms with van der Waals surface area (Å²) in [7, 11) is -3.64. The van der Waals surface area contributed by atoms with Gasteiger partial charge in [0.2, 0.25) is 0 Å². The second-order valence-corrected chi connectivity index (χ2v) is 6.39. The van der Waals surface area contributed by atoms with Crippen LogP contribution in [0.3, 0.4) is 0 Å². The van der Waals surface area contributed by atoms with Crippen molar-refractivity contribution in [1.82, 2.24) is 0 Å². The summed E-state index contributed by atoms with van der Waals surface area (Å²) in [5.74, 6) is 0.504. The number of nitro benzene ring substituents is 1. The van der Waals surface area contributed by atoms with Crippen LogP contribution in [0.5, 0.6) is 0 Å². The van der Waals surface area contributed by atoms with E-state index in [4.69, 9.17) is 9.68 Å². The van der Waals surface area contributed by atoms with Crippen LogP contribution in [-0.4, -0.2) is 19.6 Å². The Bertz CT molecular complexity index is 903. The van der Waals surface area contributed by atoms with Crippen molar-refractivity contribution in [2.75, 3.05) is 6.26 Å². The molecule has 1 aromatic heterocycles. The molecule has 0 aliphatic rings. The highest BCUT2D eigenvalue weighted by Crippen LogP contribution is 2.26. The van der Waals surface area contributed by atoms with E-state index < -0.39 is 19.7 Å². The maximum Gasteiger partial charge on any atom is 0.270 e. The second kappa shape index (κ2) is 5.83. The Morgan fingerprint density at radius 2 is 2.09 bits per heavy atom. The molecule has 7 nitrogen and oxygen atoms in total. The fourth-order valence-electron chi connectivity index (χ4n) is 1.71. The third kappa shape index (κ3) is 3.39. The molecule has 0 atom stereocenters. The van der Waals surface area contributed by atoms with Crippen molar-refractivity contribution in [1.29, 1.82) is 5.26 Å². The van der Waals surface area contributed by atoms with Crippen molar-refractivity contribution < 1.29 is 17.8 Å². The van der Waals surface area contributed by atoms with Gasteiger partial charge in [-0.2, -0.15) is 5.26 Å². The number of hydrogen-bond acceptors (Lipinski definition) is 6. The van der Waals surface area contributed by atoms with E-state index in [1.54, 1.807) is 18.2 Å². The number of sulfone groups is 1. The maximum atomic E-state index is 11.4. The summed E-state index contributed by atoms with van der Waals surface area (Å²) in [5, 5.41) is 19.6. The van der Waals surface area contributed by atoms with Crippen LogP contribution in [0.4, 0.5) is 5.69 Å². The Hall–Kier alpha value is -2.92. The third-order valence-electron chi connectivity index (χ3n) is 2.75. The highest BCUT2D eigenvalue weighted by atomic mass is 32.2. The number of furan rings is 1. The van der Waals surface area contributed by atoms with E-state index in [1.807, 2.05) is 0 Å². The molecular formula is C14H10N2O5S. The van der Waals surface area contributed by atoms with Crippen LogP contribution in [0, 0.1) is 21.4 Å². The summed E-state index contributed by atoms with van der Waals surface area (Å²) in [6.07, 6.45) is 2.03. The van der Waals surface area contributed by atoms with Crippen LogP contribution < -0.4 is 0 Å². The number of non-ortho nitro benzene ring substituents is 1. The van der Waals surface area contributed by atoms with Gasteiger partial charge in [0.25, 0.3) is 5.69 Å². The van der Waals surface area contributed by atoms with E-state index in [0.717, 1.165) is 12.3 Å². The minimum absolute atomic E-state index is 0.0835. The van der Waals surface area contributed by atoms with Gasteiger partial charge in [0.15, 0.2) is 9.84 Å². The lowest BCUT2D eigenvalue weighted by molar-refractivity contribution is -0.384. The molecule has 0 aliphatic heterocycles. The van der Waals surface area contributed by atoms with Crippen LogP contribution in [0.1, 0.15) is 5.76 Å². The molecule has 0 fully saturated rings. The zero-order chi connectivity index (χ0) is 16.3. The van der Waals surface area contributed by atoms with Crippen LogP contribution in [-0.2, 0) is 9.84 Å². The van der Waals surface area contributed by atoms with Crippen LogP contribution in [0.15, 0.2) is 45.7 Å². The van der Waals surface area contributed by atoms with E-state index in [-0.39, 0.29) is 11.4 Å². The summed E-state index contributed by atoms with van der Waals surface area (Å²) in [4.78, 5) is 9.80. The van der Waals surface area contributed by atoms with E-state index in [1.165, 1.54) is 24.3 Å². The summed E-state index contributed by atoms with van der Waals surface area (Å²) >= 11 is 0. The van der Waals surface area contributed by atoms with Gasteiger partial charge in [0.1, 0.15) is 22.5 Å². The Balaban J connectivity index is 2.41. The topological polar surface area (TPSA) is 114 Å². The molecule has 0 saturated carbocycles. The highest BCUT2D eigenvalue weighted by Gasteiger charge is 2.13. The van der Waals surface area contributed by atoms with E-state index in [9.17, 15) is 18.5 Å². The smallest absolute Gasteiger partial charge is 0.270 e. The lowest BCUT2D eigenvalue weighted by Gasteiger charge is -1.97. The highest BCUT2D eigenvalue weighted by molar-refractivity contribution is 7.95. The molecule has 2 rings (SSSR count). The molecule has 1 heterocycles. The first-order valence-corrected chi connectivity index (χ1v) is 7.87. The molecule has 0 amide bonds. The number of benzene rings is 1. The van der Waals surface area contributed by atoms with E-state index >= 15 is 0 Å². The number of nitrogens with zero attached hydrogens (tertiary/aromatic N) is 2. The number of nitro groups is 1. The summed E-state index contributed by atoms with van der Waals surface area (Å²) < 4.78 is 28.1. The zero-order valence-corrected chi connectivity index (χ0v) is 12.2. The number of rotatable bonds is 4. The predicted octanol–water partition coefficient (Wildman–Crippen LogP) is 2.76. The zero-order valence-electron chi connectivity index (χ0n) is 11.4. The molecule has 0 N–H and O–H groups in total. The van der Waals surface area contributed by atoms with Crippen molar-refractivity contribution >= 4 is 21.6 Å². The molecule has 0 aliphatic carbocycles. The van der Waals surface area contributed by atoms with Crippen LogP contribution in [0.2, 0.25) is 0 Å². The number of hydrogen-bond donors (Lipinski definition) is 0. The summed E-state index contributed by atoms with van der Waals surface area (Å²) in [5.41, 5.74) is 0.395. The van der Waals surface area contributed by atoms with Gasteiger partial charge >= 0.3 is 0 Å². The summed E-state index contributed by atoms with van der Waals surface area (Å²) in [6.45, 7) is 0. The molecule has 0 bridgehead atoms. The van der Waals surface area contributed by atoms with Gasteiger partial charge < -0.3 is 4.42 Å². The van der Waals surface area contributed by atoms with Gasteiger partial charge in [0.05, 0.1) is 4.92 Å². The number of nitriles is 1. The normalized spacial score (nSPS) is 11.9. The van der Waals surface area contributed by atoms with E-state index in [0.29, 0.717) is 11.3 Å². The Kier molecular flexibility index (Phi) is 4.10. The van der Waals surface area contributed by atoms with Gasteiger partial charge in [-0.05, 0) is 12.1 Å². The monoisotopic (exact) mass is 318 g/mol. The first kappa shape index (κ1) is 15.5. The van der Waals surface area contributed by atoms with Crippen molar-refractivity contribution in [2.45, 2.75) is 0 Å². The first-order valence-electron chi connectivity index (χ1n) is 5.98. The molecular weight excluding hydrogens is 308 g/mol. The quantitative estimate of drug-likeness (QED) is 0.486. The Morgan fingerprint density at radius 1 is 1.36 bits per heavy atom. The minimum atomic E-state index is -3.64. The number of allylic oxidation sites excluding steroid dienone is 1. The average molecular weight is 318 g/mol. The van der Waals surface area contributed by atoms with Gasteiger partial charge in [-0.15, -0.1) is 0 Å². The molecule has 1 aromatic carbocycles. The van der Waals surface area contributed by atoms with E-state index in [2.05, 4.69) is 0 Å². The fourth-order valence-corrected chi connectivity index (χ4v) is 2.21. The Morgan fingerprint density at radius 3 is 2.68 bits per heavy atom. The van der Waals surface area contributed by atoms with Crippen molar-refractivity contribution in [2.24, 2.45) is 0 Å². The first-order chi connectivity index (χ1) is 10.3. The summed E-state index contributed by atoms with van der Waals surface area (Å²) in [6, 6.07) is 10.4. The second-order valence-electron chi connectivity index (χ2n) is 4.40. The SMILES string of the molecule is CS(=O)(=O)/C(C#N)=C/c1ccc(-c2cccc([N+](=O)[O-])c2)o1. The molecule has 22 heavy (non-hydrogen) atoms. The lowest BCUT2D eigenvalue weighted by atomic mass is 10.1. The van der Waals surface area contributed by atoms with Crippen molar-refractivity contribution in [3.8, 4) is 17.4 Å². The van der Waals surface area contributed by atoms with Crippen molar-refractivity contribution in [3.63, 3.8) is 0 Å². The maximum absolute atomic E-state index is 11.4. The van der Waals surface area contributed by atoms with Crippen LogP contribution in [0.25, 0.3) is 17.4 Å². The van der Waals surface area contributed by atoms with Crippen LogP contribution >= 0.6 is 0 Å². The fraction of sp³-hybridized carbons (Fsp3) is 0.0714. The largest absolute Gasteiger partial charge is 0.457 e. The standard InChI is InChI=1S/C14H10N2O5S/c1-22(19,20)13(9-15)8-12-5-6-14(21-12)10-3-2-4-11(7-10)16(17)18/h2-8H,1H3/b13-8+. The Labute approximate surface area is 126 Å². The minimum Gasteiger partial charge on any atom is -0.457 e. The predicted molar refractivity (Wildman–Crippen MR) is 79.2 cm³/mol. The van der Waals surface area contributed by atoms with Gasteiger partial charge in [-0.25, -0.2) is 8.42 Å². The molecule has 2 aromatic rings. The van der Waals surface area contributed by atoms with Gasteiger partial charge in [-0.3, -0.25) is 10.1 Å². The molecule has 0 unspecified atom stereocenters.